The van der Waals surface area contributed by atoms with Gasteiger partial charge in [0.1, 0.15) is 12.0 Å². The van der Waals surface area contributed by atoms with Gasteiger partial charge in [-0.25, -0.2) is 4.39 Å². The Morgan fingerprint density at radius 1 is 1.25 bits per heavy atom. The van der Waals surface area contributed by atoms with Gasteiger partial charge < -0.3 is 15.1 Å². The van der Waals surface area contributed by atoms with Gasteiger partial charge in [-0.15, -0.1) is 0 Å². The first kappa shape index (κ1) is 18.7. The fourth-order valence-electron chi connectivity index (χ4n) is 4.04. The van der Waals surface area contributed by atoms with Gasteiger partial charge in [0.2, 0.25) is 0 Å². The lowest BCUT2D eigenvalue weighted by Gasteiger charge is -2.47. The zero-order valence-electron chi connectivity index (χ0n) is 15.5. The van der Waals surface area contributed by atoms with Crippen molar-refractivity contribution in [3.8, 4) is 0 Å². The number of nitrogens with zero attached hydrogens (tertiary/aromatic N) is 2. The summed E-state index contributed by atoms with van der Waals surface area (Å²) < 4.78 is 13.6. The van der Waals surface area contributed by atoms with E-state index in [1.165, 1.54) is 12.1 Å². The zero-order valence-corrected chi connectivity index (χ0v) is 16.3. The van der Waals surface area contributed by atoms with Crippen LogP contribution in [0.2, 0.25) is 5.02 Å². The maximum atomic E-state index is 13.6. The number of hydrogen-bond donors (Lipinski definition) is 1. The molecule has 0 bridgehead atoms. The summed E-state index contributed by atoms with van der Waals surface area (Å²) in [5, 5.41) is 2.68. The third-order valence-electron chi connectivity index (χ3n) is 5.41. The van der Waals surface area contributed by atoms with E-state index in [0.29, 0.717) is 16.8 Å². The van der Waals surface area contributed by atoms with E-state index in [9.17, 15) is 14.0 Å². The van der Waals surface area contributed by atoms with Crippen LogP contribution in [-0.4, -0.2) is 36.0 Å². The number of carbonyl (C=O) groups is 2. The van der Waals surface area contributed by atoms with Gasteiger partial charge in [0, 0.05) is 24.3 Å². The molecule has 5 nitrogen and oxygen atoms in total. The van der Waals surface area contributed by atoms with E-state index >= 15 is 0 Å². The average molecular weight is 402 g/mol. The van der Waals surface area contributed by atoms with Crippen molar-refractivity contribution in [3.05, 3.63) is 58.4 Å². The second-order valence-electron chi connectivity index (χ2n) is 7.08. The van der Waals surface area contributed by atoms with Crippen LogP contribution < -0.4 is 10.2 Å². The van der Waals surface area contributed by atoms with Crippen molar-refractivity contribution < 1.29 is 14.0 Å². The molecular formula is C21H21ClFN3O2. The van der Waals surface area contributed by atoms with Crippen molar-refractivity contribution >= 4 is 34.8 Å². The third kappa shape index (κ3) is 3.22. The Kier molecular flexibility index (Phi) is 4.98. The van der Waals surface area contributed by atoms with Gasteiger partial charge in [0.15, 0.2) is 0 Å². The third-order valence-corrected chi connectivity index (χ3v) is 5.72. The van der Waals surface area contributed by atoms with Crippen LogP contribution >= 0.6 is 11.6 Å². The van der Waals surface area contributed by atoms with E-state index in [1.807, 2.05) is 4.90 Å². The quantitative estimate of drug-likeness (QED) is 0.822. The van der Waals surface area contributed by atoms with Crippen LogP contribution in [-0.2, 0) is 0 Å². The van der Waals surface area contributed by atoms with Gasteiger partial charge in [-0.3, -0.25) is 9.59 Å². The molecule has 1 N–H and O–H groups in total. The van der Waals surface area contributed by atoms with Crippen molar-refractivity contribution in [2.75, 3.05) is 23.3 Å². The van der Waals surface area contributed by atoms with E-state index in [4.69, 9.17) is 11.6 Å². The molecule has 2 aliphatic heterocycles. The molecule has 1 saturated heterocycles. The Labute approximate surface area is 168 Å². The molecule has 2 aromatic rings. The Balaban J connectivity index is 1.65. The maximum Gasteiger partial charge on any atom is 0.257 e. The molecule has 0 aliphatic carbocycles. The van der Waals surface area contributed by atoms with Crippen molar-refractivity contribution in [2.24, 2.45) is 0 Å². The van der Waals surface area contributed by atoms with E-state index in [1.54, 1.807) is 24.3 Å². The van der Waals surface area contributed by atoms with Gasteiger partial charge in [0.05, 0.1) is 16.3 Å². The first-order chi connectivity index (χ1) is 13.5. The molecule has 0 aromatic heterocycles. The Bertz CT molecular complexity index is 949. The smallest absolute Gasteiger partial charge is 0.257 e. The lowest BCUT2D eigenvalue weighted by Crippen LogP contribution is -2.57. The molecule has 28 heavy (non-hydrogen) atoms. The molecule has 2 amide bonds. The molecule has 2 aliphatic rings. The number of anilines is 2. The highest BCUT2D eigenvalue weighted by molar-refractivity contribution is 6.30. The summed E-state index contributed by atoms with van der Waals surface area (Å²) >= 11 is 5.69. The van der Waals surface area contributed by atoms with Crippen molar-refractivity contribution in [3.63, 3.8) is 0 Å². The van der Waals surface area contributed by atoms with Crippen molar-refractivity contribution in [1.29, 1.82) is 0 Å². The lowest BCUT2D eigenvalue weighted by atomic mass is 9.97. The predicted molar refractivity (Wildman–Crippen MR) is 108 cm³/mol. The highest BCUT2D eigenvalue weighted by Gasteiger charge is 2.38. The summed E-state index contributed by atoms with van der Waals surface area (Å²) in [4.78, 5) is 29.7. The molecule has 1 atom stereocenters. The molecule has 0 spiro atoms. The largest absolute Gasteiger partial charge is 0.351 e. The molecule has 1 unspecified atom stereocenters. The summed E-state index contributed by atoms with van der Waals surface area (Å²) in [7, 11) is 0. The molecule has 0 radical (unpaired) electrons. The van der Waals surface area contributed by atoms with Crippen LogP contribution in [0.3, 0.4) is 0 Å². The Hall–Kier alpha value is -2.60. The molecule has 1 fully saturated rings. The molecule has 146 valence electrons. The number of benzene rings is 2. The van der Waals surface area contributed by atoms with E-state index in [-0.39, 0.29) is 23.0 Å². The molecule has 7 heteroatoms. The highest BCUT2D eigenvalue weighted by Crippen LogP contribution is 2.35. The molecule has 0 saturated carbocycles. The fraction of sp³-hybridized carbons (Fsp3) is 0.333. The normalized spacial score (nSPS) is 18.5. The first-order valence-electron chi connectivity index (χ1n) is 9.47. The van der Waals surface area contributed by atoms with Gasteiger partial charge in [-0.2, -0.15) is 0 Å². The minimum absolute atomic E-state index is 0.000848. The van der Waals surface area contributed by atoms with Crippen LogP contribution in [0.1, 0.15) is 46.9 Å². The Morgan fingerprint density at radius 3 is 2.82 bits per heavy atom. The fourth-order valence-corrected chi connectivity index (χ4v) is 4.16. The molecule has 2 heterocycles. The summed E-state index contributed by atoms with van der Waals surface area (Å²) in [6, 6.07) is 9.22. The van der Waals surface area contributed by atoms with Gasteiger partial charge >= 0.3 is 0 Å². The number of piperidine rings is 1. The number of fused-ring (bicyclic) bond motifs is 2. The van der Waals surface area contributed by atoms with Gasteiger partial charge in [-0.05, 0) is 62.6 Å². The number of carbonyl (C=O) groups excluding carboxylic acids is 2. The number of nitrogens with one attached hydrogen (secondary N) is 1. The van der Waals surface area contributed by atoms with E-state index in [0.717, 1.165) is 38.0 Å². The predicted octanol–water partition coefficient (Wildman–Crippen LogP) is 4.52. The number of amides is 2. The van der Waals surface area contributed by atoms with Crippen LogP contribution in [0.5, 0.6) is 0 Å². The average Bonchev–Trinajstić information content (AvgIpc) is 2.71. The molecular weight excluding hydrogens is 381 g/mol. The van der Waals surface area contributed by atoms with Crippen LogP contribution in [0.25, 0.3) is 0 Å². The minimum atomic E-state index is -0.593. The second-order valence-corrected chi connectivity index (χ2v) is 7.48. The summed E-state index contributed by atoms with van der Waals surface area (Å²) in [6.45, 7) is 3.56. The van der Waals surface area contributed by atoms with Crippen LogP contribution in [0, 0.1) is 5.82 Å². The highest BCUT2D eigenvalue weighted by atomic mass is 35.5. The standard InChI is InChI=1S/C21H21ClFN3O2/c1-2-25-18-11-13(20(27)24-14-7-9-16(22)17(23)12-14)6-8-15(18)21(28)26-10-4-3-5-19(25)26/h6-9,11-12,19H,2-5,10H2,1H3,(H,24,27). The van der Waals surface area contributed by atoms with Crippen molar-refractivity contribution in [1.82, 2.24) is 4.90 Å². The summed E-state index contributed by atoms with van der Waals surface area (Å²) in [5.41, 5.74) is 2.15. The van der Waals surface area contributed by atoms with Gasteiger partial charge in [0.25, 0.3) is 11.8 Å². The summed E-state index contributed by atoms with van der Waals surface area (Å²) in [5.74, 6) is -0.930. The van der Waals surface area contributed by atoms with Crippen LogP contribution in [0.4, 0.5) is 15.8 Å². The number of rotatable bonds is 3. The topological polar surface area (TPSA) is 52.7 Å². The minimum Gasteiger partial charge on any atom is -0.351 e. The molecule has 4 rings (SSSR count). The SMILES string of the molecule is CCN1c2cc(C(=O)Nc3ccc(Cl)c(F)c3)ccc2C(=O)N2CCCCC21. The second kappa shape index (κ2) is 7.43. The van der Waals surface area contributed by atoms with E-state index < -0.39 is 5.82 Å². The first-order valence-corrected chi connectivity index (χ1v) is 9.85. The zero-order chi connectivity index (χ0) is 19.8. The number of hydrogen-bond acceptors (Lipinski definition) is 3. The van der Waals surface area contributed by atoms with Gasteiger partial charge in [-0.1, -0.05) is 11.6 Å². The Morgan fingerprint density at radius 2 is 2.07 bits per heavy atom. The monoisotopic (exact) mass is 401 g/mol. The lowest BCUT2D eigenvalue weighted by molar-refractivity contribution is 0.0582. The summed E-state index contributed by atoms with van der Waals surface area (Å²) in [6.07, 6.45) is 3.08. The van der Waals surface area contributed by atoms with Crippen molar-refractivity contribution in [2.45, 2.75) is 32.4 Å². The number of halogens is 2. The van der Waals surface area contributed by atoms with Crippen LogP contribution in [0.15, 0.2) is 36.4 Å². The van der Waals surface area contributed by atoms with E-state index in [2.05, 4.69) is 17.1 Å². The maximum absolute atomic E-state index is 13.6. The molecule has 2 aromatic carbocycles.